The Bertz CT molecular complexity index is 778. The number of anilines is 1. The number of oxazole rings is 1. The third kappa shape index (κ3) is 3.03. The number of para-hydroxylation sites is 2. The standard InChI is InChI=1S/C17H17FN4O/c18-14-9-13(10-19-11-14)12-21-5-7-22(8-6-21)17-20-15-3-1-2-4-16(15)23-17/h1-4,9-11H,5-8,12H2. The fourth-order valence-corrected chi connectivity index (χ4v) is 2.89. The molecule has 3 heterocycles. The zero-order valence-corrected chi connectivity index (χ0v) is 12.7. The zero-order chi connectivity index (χ0) is 15.6. The van der Waals surface area contributed by atoms with Crippen LogP contribution in [0.5, 0.6) is 0 Å². The molecule has 1 fully saturated rings. The van der Waals surface area contributed by atoms with Gasteiger partial charge in [0, 0.05) is 38.9 Å². The molecule has 3 aromatic rings. The van der Waals surface area contributed by atoms with Crippen molar-refractivity contribution >= 4 is 17.1 Å². The van der Waals surface area contributed by atoms with Gasteiger partial charge in [-0.1, -0.05) is 12.1 Å². The quantitative estimate of drug-likeness (QED) is 0.744. The van der Waals surface area contributed by atoms with E-state index in [-0.39, 0.29) is 5.82 Å². The molecular formula is C17H17FN4O. The molecule has 2 aromatic heterocycles. The highest BCUT2D eigenvalue weighted by Crippen LogP contribution is 2.22. The van der Waals surface area contributed by atoms with E-state index in [0.29, 0.717) is 12.6 Å². The molecule has 6 heteroatoms. The Balaban J connectivity index is 1.40. The summed E-state index contributed by atoms with van der Waals surface area (Å²) < 4.78 is 19.0. The Morgan fingerprint density at radius 2 is 1.91 bits per heavy atom. The van der Waals surface area contributed by atoms with Crippen molar-refractivity contribution in [1.29, 1.82) is 0 Å². The van der Waals surface area contributed by atoms with Gasteiger partial charge in [-0.3, -0.25) is 9.88 Å². The van der Waals surface area contributed by atoms with E-state index in [9.17, 15) is 4.39 Å². The topological polar surface area (TPSA) is 45.4 Å². The van der Waals surface area contributed by atoms with Crippen LogP contribution in [0.25, 0.3) is 11.1 Å². The minimum Gasteiger partial charge on any atom is -0.423 e. The van der Waals surface area contributed by atoms with Gasteiger partial charge >= 0.3 is 0 Å². The number of halogens is 1. The van der Waals surface area contributed by atoms with E-state index in [1.165, 1.54) is 6.20 Å². The Labute approximate surface area is 133 Å². The summed E-state index contributed by atoms with van der Waals surface area (Å²) in [5.74, 6) is -0.285. The van der Waals surface area contributed by atoms with Crippen LogP contribution in [0.3, 0.4) is 0 Å². The summed E-state index contributed by atoms with van der Waals surface area (Å²) in [7, 11) is 0. The average Bonchev–Trinajstić information content (AvgIpc) is 2.99. The molecule has 4 rings (SSSR count). The van der Waals surface area contributed by atoms with Crippen molar-refractivity contribution in [1.82, 2.24) is 14.9 Å². The maximum Gasteiger partial charge on any atom is 0.298 e. The molecule has 23 heavy (non-hydrogen) atoms. The van der Waals surface area contributed by atoms with Crippen LogP contribution in [0, 0.1) is 5.82 Å². The summed E-state index contributed by atoms with van der Waals surface area (Å²) in [6.45, 7) is 4.17. The number of fused-ring (bicyclic) bond motifs is 1. The summed E-state index contributed by atoms with van der Waals surface area (Å²) in [4.78, 5) is 12.9. The average molecular weight is 312 g/mol. The summed E-state index contributed by atoms with van der Waals surface area (Å²) >= 11 is 0. The zero-order valence-electron chi connectivity index (χ0n) is 12.7. The van der Waals surface area contributed by atoms with Gasteiger partial charge in [0.2, 0.25) is 0 Å². The van der Waals surface area contributed by atoms with Crippen molar-refractivity contribution in [2.24, 2.45) is 0 Å². The maximum absolute atomic E-state index is 13.2. The van der Waals surface area contributed by atoms with Crippen molar-refractivity contribution in [3.05, 3.63) is 54.1 Å². The monoisotopic (exact) mass is 312 g/mol. The van der Waals surface area contributed by atoms with Gasteiger partial charge in [-0.15, -0.1) is 0 Å². The Kier molecular flexibility index (Phi) is 3.67. The van der Waals surface area contributed by atoms with Crippen molar-refractivity contribution < 1.29 is 8.81 Å². The highest BCUT2D eigenvalue weighted by atomic mass is 19.1. The number of piperazine rings is 1. The largest absolute Gasteiger partial charge is 0.423 e. The lowest BCUT2D eigenvalue weighted by molar-refractivity contribution is 0.245. The summed E-state index contributed by atoms with van der Waals surface area (Å²) in [5.41, 5.74) is 2.60. The van der Waals surface area contributed by atoms with Crippen molar-refractivity contribution in [3.8, 4) is 0 Å². The highest BCUT2D eigenvalue weighted by Gasteiger charge is 2.21. The molecule has 0 saturated carbocycles. The molecule has 5 nitrogen and oxygen atoms in total. The Morgan fingerprint density at radius 1 is 1.09 bits per heavy atom. The fourth-order valence-electron chi connectivity index (χ4n) is 2.89. The minimum atomic E-state index is -0.285. The molecule has 118 valence electrons. The van der Waals surface area contributed by atoms with Crippen molar-refractivity contribution in [3.63, 3.8) is 0 Å². The number of benzene rings is 1. The smallest absolute Gasteiger partial charge is 0.298 e. The number of nitrogens with zero attached hydrogens (tertiary/aromatic N) is 4. The minimum absolute atomic E-state index is 0.285. The lowest BCUT2D eigenvalue weighted by Gasteiger charge is -2.33. The first-order valence-corrected chi connectivity index (χ1v) is 7.70. The van der Waals surface area contributed by atoms with E-state index in [2.05, 4.69) is 19.8 Å². The molecule has 0 radical (unpaired) electrons. The Morgan fingerprint density at radius 3 is 2.70 bits per heavy atom. The summed E-state index contributed by atoms with van der Waals surface area (Å²) in [6, 6.07) is 10.0. The van der Waals surface area contributed by atoms with Gasteiger partial charge in [-0.05, 0) is 23.8 Å². The second-order valence-corrected chi connectivity index (χ2v) is 5.74. The molecule has 0 N–H and O–H groups in total. The molecule has 1 aliphatic heterocycles. The number of hydrogen-bond donors (Lipinski definition) is 0. The fraction of sp³-hybridized carbons (Fsp3) is 0.294. The highest BCUT2D eigenvalue weighted by molar-refractivity contribution is 5.74. The number of rotatable bonds is 3. The van der Waals surface area contributed by atoms with E-state index < -0.39 is 0 Å². The summed E-state index contributed by atoms with van der Waals surface area (Å²) in [6.07, 6.45) is 2.95. The molecular weight excluding hydrogens is 295 g/mol. The van der Waals surface area contributed by atoms with Gasteiger partial charge < -0.3 is 9.32 Å². The number of hydrogen-bond acceptors (Lipinski definition) is 5. The van der Waals surface area contributed by atoms with E-state index in [1.54, 1.807) is 12.3 Å². The third-order valence-electron chi connectivity index (χ3n) is 4.09. The molecule has 0 unspecified atom stereocenters. The molecule has 1 saturated heterocycles. The Hall–Kier alpha value is -2.47. The van der Waals surface area contributed by atoms with Crippen LogP contribution in [-0.4, -0.2) is 41.0 Å². The first kappa shape index (κ1) is 14.1. The van der Waals surface area contributed by atoms with E-state index in [1.807, 2.05) is 24.3 Å². The van der Waals surface area contributed by atoms with Gasteiger partial charge in [0.25, 0.3) is 6.01 Å². The van der Waals surface area contributed by atoms with E-state index >= 15 is 0 Å². The molecule has 0 spiro atoms. The van der Waals surface area contributed by atoms with Crippen LogP contribution in [-0.2, 0) is 6.54 Å². The van der Waals surface area contributed by atoms with Crippen LogP contribution < -0.4 is 4.90 Å². The number of pyridine rings is 1. The van der Waals surface area contributed by atoms with Crippen LogP contribution >= 0.6 is 0 Å². The van der Waals surface area contributed by atoms with Gasteiger partial charge in [-0.2, -0.15) is 4.98 Å². The van der Waals surface area contributed by atoms with Crippen LogP contribution in [0.2, 0.25) is 0 Å². The first-order chi connectivity index (χ1) is 11.3. The van der Waals surface area contributed by atoms with Gasteiger partial charge in [0.15, 0.2) is 5.58 Å². The van der Waals surface area contributed by atoms with Crippen LogP contribution in [0.15, 0.2) is 47.1 Å². The van der Waals surface area contributed by atoms with Gasteiger partial charge in [-0.25, -0.2) is 4.39 Å². The molecule has 1 aromatic carbocycles. The molecule has 0 atom stereocenters. The first-order valence-electron chi connectivity index (χ1n) is 7.70. The molecule has 0 bridgehead atoms. The molecule has 0 amide bonds. The van der Waals surface area contributed by atoms with Crippen LogP contribution in [0.4, 0.5) is 10.4 Å². The SMILES string of the molecule is Fc1cncc(CN2CCN(c3nc4ccccc4o3)CC2)c1. The molecule has 0 aliphatic carbocycles. The lowest BCUT2D eigenvalue weighted by atomic mass is 10.2. The van der Waals surface area contributed by atoms with Crippen molar-refractivity contribution in [2.45, 2.75) is 6.54 Å². The summed E-state index contributed by atoms with van der Waals surface area (Å²) in [5, 5.41) is 0. The van der Waals surface area contributed by atoms with E-state index in [0.717, 1.165) is 42.8 Å². The second kappa shape index (κ2) is 5.96. The van der Waals surface area contributed by atoms with Gasteiger partial charge in [0.05, 0.1) is 6.20 Å². The van der Waals surface area contributed by atoms with Gasteiger partial charge in [0.1, 0.15) is 11.3 Å². The predicted molar refractivity (Wildman–Crippen MR) is 85.7 cm³/mol. The predicted octanol–water partition coefficient (Wildman–Crippen LogP) is 2.68. The normalized spacial score (nSPS) is 16.1. The lowest BCUT2D eigenvalue weighted by Crippen LogP contribution is -2.46. The molecule has 1 aliphatic rings. The van der Waals surface area contributed by atoms with Crippen LogP contribution in [0.1, 0.15) is 5.56 Å². The van der Waals surface area contributed by atoms with Crippen molar-refractivity contribution in [2.75, 3.05) is 31.1 Å². The second-order valence-electron chi connectivity index (χ2n) is 5.74. The maximum atomic E-state index is 13.2. The number of aromatic nitrogens is 2. The van der Waals surface area contributed by atoms with E-state index in [4.69, 9.17) is 4.42 Å². The third-order valence-corrected chi connectivity index (χ3v) is 4.09.